The van der Waals surface area contributed by atoms with E-state index < -0.39 is 0 Å². The van der Waals surface area contributed by atoms with Gasteiger partial charge in [-0.25, -0.2) is 0 Å². The van der Waals surface area contributed by atoms with Crippen LogP contribution in [0.1, 0.15) is 38.3 Å². The molecule has 0 fully saturated rings. The van der Waals surface area contributed by atoms with Crippen LogP contribution in [-0.2, 0) is 0 Å². The third-order valence-electron chi connectivity index (χ3n) is 3.87. The van der Waals surface area contributed by atoms with Gasteiger partial charge in [0.2, 0.25) is 0 Å². The summed E-state index contributed by atoms with van der Waals surface area (Å²) in [6.45, 7) is 15.5. The van der Waals surface area contributed by atoms with E-state index in [0.717, 1.165) is 45.0 Å². The molecule has 0 saturated carbocycles. The Morgan fingerprint density at radius 3 is 2.57 bits per heavy atom. The fraction of sp³-hybridized carbons (Fsp3) is 0.667. The van der Waals surface area contributed by atoms with Crippen LogP contribution in [0.3, 0.4) is 0 Å². The van der Waals surface area contributed by atoms with E-state index >= 15 is 0 Å². The van der Waals surface area contributed by atoms with Crippen LogP contribution in [0.25, 0.3) is 0 Å². The molecule has 2 N–H and O–H groups in total. The molecule has 1 aromatic rings. The number of nitrogens with two attached hydrogens (primary N) is 1. The molecule has 3 nitrogen and oxygen atoms in total. The highest BCUT2D eigenvalue weighted by Crippen LogP contribution is 2.19. The number of nitrogens with zero attached hydrogens (tertiary/aromatic N) is 1. The third-order valence-corrected chi connectivity index (χ3v) is 3.87. The van der Waals surface area contributed by atoms with Gasteiger partial charge in [-0.2, -0.15) is 0 Å². The van der Waals surface area contributed by atoms with Gasteiger partial charge in [-0.3, -0.25) is 0 Å². The van der Waals surface area contributed by atoms with Crippen molar-refractivity contribution in [3.8, 4) is 5.75 Å². The number of rotatable bonds is 9. The quantitative estimate of drug-likeness (QED) is 0.709. The Morgan fingerprint density at radius 2 is 1.95 bits per heavy atom. The Kier molecular flexibility index (Phi) is 7.20. The van der Waals surface area contributed by atoms with E-state index in [0.29, 0.717) is 0 Å². The summed E-state index contributed by atoms with van der Waals surface area (Å²) in [6.07, 6.45) is 1.04. The molecule has 0 aliphatic heterocycles. The number of aryl methyl sites for hydroxylation is 2. The molecule has 0 aliphatic rings. The fourth-order valence-corrected chi connectivity index (χ4v) is 2.35. The van der Waals surface area contributed by atoms with Crippen LogP contribution in [0.5, 0.6) is 5.75 Å². The highest BCUT2D eigenvalue weighted by atomic mass is 16.5. The van der Waals surface area contributed by atoms with Crippen molar-refractivity contribution in [2.45, 2.75) is 41.0 Å². The van der Waals surface area contributed by atoms with Crippen molar-refractivity contribution in [1.29, 1.82) is 0 Å². The first-order chi connectivity index (χ1) is 9.88. The van der Waals surface area contributed by atoms with E-state index in [9.17, 15) is 0 Å². The summed E-state index contributed by atoms with van der Waals surface area (Å²) >= 11 is 0. The lowest BCUT2D eigenvalue weighted by Gasteiger charge is -2.31. The monoisotopic (exact) mass is 292 g/mol. The van der Waals surface area contributed by atoms with Gasteiger partial charge in [0.05, 0.1) is 6.61 Å². The molecule has 3 heteroatoms. The predicted octanol–water partition coefficient (Wildman–Crippen LogP) is 3.38. The smallest absolute Gasteiger partial charge is 0.122 e. The molecule has 0 heterocycles. The van der Waals surface area contributed by atoms with Gasteiger partial charge in [-0.05, 0) is 56.0 Å². The normalized spacial score (nSPS) is 12.0. The maximum atomic E-state index is 5.92. The van der Waals surface area contributed by atoms with Crippen molar-refractivity contribution in [2.75, 3.05) is 32.8 Å². The zero-order valence-corrected chi connectivity index (χ0v) is 14.4. The molecule has 0 atom stereocenters. The largest absolute Gasteiger partial charge is 0.493 e. The second kappa shape index (κ2) is 8.40. The van der Waals surface area contributed by atoms with Crippen molar-refractivity contribution in [3.63, 3.8) is 0 Å². The number of hydrogen-bond donors (Lipinski definition) is 1. The number of hydrogen-bond acceptors (Lipinski definition) is 3. The Labute approximate surface area is 130 Å². The van der Waals surface area contributed by atoms with Gasteiger partial charge in [0.1, 0.15) is 5.75 Å². The molecule has 1 aromatic carbocycles. The Hall–Kier alpha value is -1.06. The first-order valence-electron chi connectivity index (χ1n) is 8.00. The van der Waals surface area contributed by atoms with Gasteiger partial charge in [0.15, 0.2) is 0 Å². The molecule has 0 bridgehead atoms. The van der Waals surface area contributed by atoms with Crippen LogP contribution in [0.2, 0.25) is 0 Å². The standard InChI is InChI=1S/C18H32N2O/c1-6-20(14-18(4,5)13-19)10-7-11-21-17-12-15(2)8-9-16(17)3/h8-9,12H,6-7,10-11,13-14,19H2,1-5H3. The second-order valence-corrected chi connectivity index (χ2v) is 6.71. The van der Waals surface area contributed by atoms with Crippen LogP contribution in [0.4, 0.5) is 0 Å². The van der Waals surface area contributed by atoms with E-state index in [2.05, 4.69) is 57.7 Å². The zero-order valence-electron chi connectivity index (χ0n) is 14.4. The predicted molar refractivity (Wildman–Crippen MR) is 91.0 cm³/mol. The molecule has 0 saturated heterocycles. The summed E-state index contributed by atoms with van der Waals surface area (Å²) in [5.41, 5.74) is 8.46. The highest BCUT2D eigenvalue weighted by molar-refractivity contribution is 5.35. The highest BCUT2D eigenvalue weighted by Gasteiger charge is 2.18. The van der Waals surface area contributed by atoms with E-state index in [1.165, 1.54) is 11.1 Å². The number of ether oxygens (including phenoxy) is 1. The molecular weight excluding hydrogens is 260 g/mol. The minimum Gasteiger partial charge on any atom is -0.493 e. The SMILES string of the molecule is CCN(CCCOc1cc(C)ccc1C)CC(C)(C)CN. The van der Waals surface area contributed by atoms with Crippen LogP contribution in [-0.4, -0.2) is 37.7 Å². The van der Waals surface area contributed by atoms with E-state index in [1.807, 2.05) is 0 Å². The molecule has 0 aromatic heterocycles. The van der Waals surface area contributed by atoms with Crippen LogP contribution in [0, 0.1) is 19.3 Å². The van der Waals surface area contributed by atoms with Crippen molar-refractivity contribution in [1.82, 2.24) is 4.90 Å². The summed E-state index contributed by atoms with van der Waals surface area (Å²) in [6, 6.07) is 6.35. The average Bonchev–Trinajstić information content (AvgIpc) is 2.45. The maximum absolute atomic E-state index is 5.92. The Bertz CT molecular complexity index is 429. The Morgan fingerprint density at radius 1 is 1.24 bits per heavy atom. The minimum atomic E-state index is 0.185. The van der Waals surface area contributed by atoms with Crippen LogP contribution >= 0.6 is 0 Å². The molecule has 0 radical (unpaired) electrons. The summed E-state index contributed by atoms with van der Waals surface area (Å²) in [5, 5.41) is 0. The molecule has 1 rings (SSSR count). The van der Waals surface area contributed by atoms with Crippen molar-refractivity contribution in [3.05, 3.63) is 29.3 Å². The van der Waals surface area contributed by atoms with E-state index in [4.69, 9.17) is 10.5 Å². The molecule has 0 spiro atoms. The fourth-order valence-electron chi connectivity index (χ4n) is 2.35. The lowest BCUT2D eigenvalue weighted by molar-refractivity contribution is 0.176. The average molecular weight is 292 g/mol. The second-order valence-electron chi connectivity index (χ2n) is 6.71. The molecule has 0 aliphatic carbocycles. The summed E-state index contributed by atoms with van der Waals surface area (Å²) in [4.78, 5) is 2.46. The molecule has 21 heavy (non-hydrogen) atoms. The van der Waals surface area contributed by atoms with Crippen LogP contribution in [0.15, 0.2) is 18.2 Å². The lowest BCUT2D eigenvalue weighted by Crippen LogP contribution is -2.39. The third kappa shape index (κ3) is 6.49. The van der Waals surface area contributed by atoms with Gasteiger partial charge < -0.3 is 15.4 Å². The van der Waals surface area contributed by atoms with Gasteiger partial charge in [0.25, 0.3) is 0 Å². The summed E-state index contributed by atoms with van der Waals surface area (Å²) in [7, 11) is 0. The topological polar surface area (TPSA) is 38.5 Å². The summed E-state index contributed by atoms with van der Waals surface area (Å²) in [5.74, 6) is 1.01. The maximum Gasteiger partial charge on any atom is 0.122 e. The number of benzene rings is 1. The first kappa shape index (κ1) is 18.0. The van der Waals surface area contributed by atoms with Crippen molar-refractivity contribution < 1.29 is 4.74 Å². The van der Waals surface area contributed by atoms with E-state index in [1.54, 1.807) is 0 Å². The summed E-state index contributed by atoms with van der Waals surface area (Å²) < 4.78 is 5.92. The van der Waals surface area contributed by atoms with Gasteiger partial charge in [0, 0.05) is 13.1 Å². The molecule has 0 amide bonds. The van der Waals surface area contributed by atoms with Crippen LogP contribution < -0.4 is 10.5 Å². The molecule has 120 valence electrons. The lowest BCUT2D eigenvalue weighted by atomic mass is 9.93. The molecule has 0 unspecified atom stereocenters. The van der Waals surface area contributed by atoms with Gasteiger partial charge in [-0.1, -0.05) is 32.9 Å². The van der Waals surface area contributed by atoms with Gasteiger partial charge in [-0.15, -0.1) is 0 Å². The van der Waals surface area contributed by atoms with Crippen molar-refractivity contribution in [2.24, 2.45) is 11.1 Å². The zero-order chi connectivity index (χ0) is 15.9. The van der Waals surface area contributed by atoms with E-state index in [-0.39, 0.29) is 5.41 Å². The molecular formula is C18H32N2O. The van der Waals surface area contributed by atoms with Gasteiger partial charge >= 0.3 is 0 Å². The minimum absolute atomic E-state index is 0.185. The Balaban J connectivity index is 2.37. The van der Waals surface area contributed by atoms with Crippen molar-refractivity contribution >= 4 is 0 Å². The first-order valence-corrected chi connectivity index (χ1v) is 8.00.